The van der Waals surface area contributed by atoms with Crippen molar-refractivity contribution in [2.24, 2.45) is 0 Å². The molecule has 0 bridgehead atoms. The Morgan fingerprint density at radius 2 is 2.30 bits per heavy atom. The molecule has 110 valence electrons. The fourth-order valence-corrected chi connectivity index (χ4v) is 2.63. The lowest BCUT2D eigenvalue weighted by molar-refractivity contribution is -0.139. The summed E-state index contributed by atoms with van der Waals surface area (Å²) in [6.45, 7) is 4.20. The Bertz CT molecular complexity index is 521. The van der Waals surface area contributed by atoms with Crippen LogP contribution in [0.5, 0.6) is 0 Å². The Morgan fingerprint density at radius 3 is 2.90 bits per heavy atom. The summed E-state index contributed by atoms with van der Waals surface area (Å²) >= 11 is 5.92. The highest BCUT2D eigenvalue weighted by atomic mass is 35.5. The van der Waals surface area contributed by atoms with Crippen LogP contribution in [0.3, 0.4) is 0 Å². The van der Waals surface area contributed by atoms with Gasteiger partial charge >= 0.3 is 0 Å². The van der Waals surface area contributed by atoms with Gasteiger partial charge in [0, 0.05) is 13.1 Å². The first-order valence-electron chi connectivity index (χ1n) is 6.35. The van der Waals surface area contributed by atoms with Gasteiger partial charge in [0.15, 0.2) is 0 Å². The molecule has 1 aliphatic rings. The Hall–Kier alpha value is -1.17. The molecule has 20 heavy (non-hydrogen) atoms. The van der Waals surface area contributed by atoms with Gasteiger partial charge in [0.25, 0.3) is 5.91 Å². The molecule has 0 aliphatic carbocycles. The first-order valence-corrected chi connectivity index (χ1v) is 6.73. The molecule has 0 radical (unpaired) electrons. The SMILES string of the molecule is CC1(C)CN(C(=O)c2ccc(F)cc2Cl)CC(CO)O1. The number of morpholine rings is 1. The van der Waals surface area contributed by atoms with Gasteiger partial charge in [0.2, 0.25) is 0 Å². The number of hydrogen-bond donors (Lipinski definition) is 1. The van der Waals surface area contributed by atoms with Gasteiger partial charge in [0.05, 0.1) is 28.9 Å². The number of aliphatic hydroxyl groups excluding tert-OH is 1. The standard InChI is InChI=1S/C14H17ClFNO3/c1-14(2)8-17(6-10(7-18)20-14)13(19)11-4-3-9(16)5-12(11)15/h3-5,10,18H,6-8H2,1-2H3. The third kappa shape index (κ3) is 3.29. The molecule has 2 rings (SSSR count). The van der Waals surface area contributed by atoms with Gasteiger partial charge in [-0.25, -0.2) is 4.39 Å². The second kappa shape index (κ2) is 5.68. The highest BCUT2D eigenvalue weighted by molar-refractivity contribution is 6.33. The van der Waals surface area contributed by atoms with Crippen LogP contribution in [0.4, 0.5) is 4.39 Å². The number of hydrogen-bond acceptors (Lipinski definition) is 3. The summed E-state index contributed by atoms with van der Waals surface area (Å²) in [7, 11) is 0. The zero-order chi connectivity index (χ0) is 14.9. The summed E-state index contributed by atoms with van der Waals surface area (Å²) in [5.41, 5.74) is -0.296. The molecule has 4 nitrogen and oxygen atoms in total. The molecule has 1 aromatic carbocycles. The quantitative estimate of drug-likeness (QED) is 0.910. The van der Waals surface area contributed by atoms with Crippen LogP contribution in [-0.4, -0.2) is 47.3 Å². The molecule has 1 fully saturated rings. The smallest absolute Gasteiger partial charge is 0.255 e. The van der Waals surface area contributed by atoms with Crippen LogP contribution in [0.2, 0.25) is 5.02 Å². The van der Waals surface area contributed by atoms with Crippen molar-refractivity contribution in [1.82, 2.24) is 4.90 Å². The van der Waals surface area contributed by atoms with Crippen molar-refractivity contribution in [3.05, 3.63) is 34.6 Å². The molecule has 1 aromatic rings. The largest absolute Gasteiger partial charge is 0.394 e. The molecule has 1 saturated heterocycles. The van der Waals surface area contributed by atoms with E-state index >= 15 is 0 Å². The summed E-state index contributed by atoms with van der Waals surface area (Å²) in [5, 5.41) is 9.33. The maximum Gasteiger partial charge on any atom is 0.255 e. The first kappa shape index (κ1) is 15.2. The molecule has 1 aliphatic heterocycles. The van der Waals surface area contributed by atoms with Gasteiger partial charge in [-0.1, -0.05) is 11.6 Å². The minimum atomic E-state index is -0.548. The Morgan fingerprint density at radius 1 is 1.60 bits per heavy atom. The van der Waals surface area contributed by atoms with Crippen LogP contribution in [0, 0.1) is 5.82 Å². The molecule has 0 saturated carbocycles. The summed E-state index contributed by atoms with van der Waals surface area (Å²) in [6.07, 6.45) is -0.429. The molecule has 1 atom stereocenters. The fourth-order valence-electron chi connectivity index (χ4n) is 2.38. The van der Waals surface area contributed by atoms with Crippen LogP contribution < -0.4 is 0 Å². The van der Waals surface area contributed by atoms with Crippen molar-refractivity contribution in [1.29, 1.82) is 0 Å². The van der Waals surface area contributed by atoms with Gasteiger partial charge in [-0.05, 0) is 32.0 Å². The second-order valence-corrected chi connectivity index (χ2v) is 5.90. The molecule has 6 heteroatoms. The topological polar surface area (TPSA) is 49.8 Å². The molecule has 1 heterocycles. The number of rotatable bonds is 2. The number of carbonyl (C=O) groups excluding carboxylic acids is 1. The summed E-state index contributed by atoms with van der Waals surface area (Å²) in [5.74, 6) is -0.771. The molecule has 1 amide bonds. The first-order chi connectivity index (χ1) is 9.32. The molecular weight excluding hydrogens is 285 g/mol. The highest BCUT2D eigenvalue weighted by Crippen LogP contribution is 2.25. The highest BCUT2D eigenvalue weighted by Gasteiger charge is 2.36. The van der Waals surface area contributed by atoms with Crippen LogP contribution in [0.1, 0.15) is 24.2 Å². The minimum Gasteiger partial charge on any atom is -0.394 e. The zero-order valence-corrected chi connectivity index (χ0v) is 12.2. The van der Waals surface area contributed by atoms with Crippen molar-refractivity contribution in [2.45, 2.75) is 25.6 Å². The van der Waals surface area contributed by atoms with E-state index in [-0.39, 0.29) is 29.6 Å². The average Bonchev–Trinajstić information content (AvgIpc) is 2.36. The average molecular weight is 302 g/mol. The van der Waals surface area contributed by atoms with E-state index in [1.165, 1.54) is 12.1 Å². The Balaban J connectivity index is 2.23. The van der Waals surface area contributed by atoms with E-state index < -0.39 is 17.5 Å². The van der Waals surface area contributed by atoms with Crippen molar-refractivity contribution in [3.8, 4) is 0 Å². The zero-order valence-electron chi connectivity index (χ0n) is 11.4. The predicted octanol–water partition coefficient (Wildman–Crippen LogP) is 2.09. The summed E-state index contributed by atoms with van der Waals surface area (Å²) in [6, 6.07) is 3.69. The summed E-state index contributed by atoms with van der Waals surface area (Å²) < 4.78 is 18.7. The lowest BCUT2D eigenvalue weighted by atomic mass is 10.0. The number of nitrogens with zero attached hydrogens (tertiary/aromatic N) is 1. The van der Waals surface area contributed by atoms with E-state index in [2.05, 4.69) is 0 Å². The van der Waals surface area contributed by atoms with Crippen molar-refractivity contribution in [3.63, 3.8) is 0 Å². The molecule has 0 spiro atoms. The lowest BCUT2D eigenvalue weighted by Crippen LogP contribution is -2.55. The number of amides is 1. The van der Waals surface area contributed by atoms with Crippen LogP contribution >= 0.6 is 11.6 Å². The Labute approximate surface area is 122 Å². The van der Waals surface area contributed by atoms with Crippen LogP contribution in [-0.2, 0) is 4.74 Å². The Kier molecular flexibility index (Phi) is 4.32. The third-order valence-corrected chi connectivity index (χ3v) is 3.45. The molecular formula is C14H17ClFNO3. The van der Waals surface area contributed by atoms with E-state index in [0.717, 1.165) is 6.07 Å². The van der Waals surface area contributed by atoms with Crippen molar-refractivity contribution >= 4 is 17.5 Å². The van der Waals surface area contributed by atoms with E-state index in [4.69, 9.17) is 16.3 Å². The van der Waals surface area contributed by atoms with Gasteiger partial charge in [0.1, 0.15) is 5.82 Å². The number of carbonyl (C=O) groups is 1. The van der Waals surface area contributed by atoms with E-state index in [1.54, 1.807) is 4.90 Å². The monoisotopic (exact) mass is 301 g/mol. The van der Waals surface area contributed by atoms with E-state index in [9.17, 15) is 14.3 Å². The predicted molar refractivity (Wildman–Crippen MR) is 73.4 cm³/mol. The number of ether oxygens (including phenoxy) is 1. The normalized spacial score (nSPS) is 21.9. The third-order valence-electron chi connectivity index (χ3n) is 3.13. The lowest BCUT2D eigenvalue weighted by Gasteiger charge is -2.42. The minimum absolute atomic E-state index is 0.0832. The van der Waals surface area contributed by atoms with Gasteiger partial charge in [-0.2, -0.15) is 0 Å². The number of halogens is 2. The molecule has 0 aromatic heterocycles. The number of aliphatic hydroxyl groups is 1. The van der Waals surface area contributed by atoms with Crippen LogP contribution in [0.15, 0.2) is 18.2 Å². The second-order valence-electron chi connectivity index (χ2n) is 5.49. The van der Waals surface area contributed by atoms with Crippen LogP contribution in [0.25, 0.3) is 0 Å². The van der Waals surface area contributed by atoms with Gasteiger partial charge < -0.3 is 14.7 Å². The fraction of sp³-hybridized carbons (Fsp3) is 0.500. The summed E-state index contributed by atoms with van der Waals surface area (Å²) in [4.78, 5) is 14.0. The molecule has 1 unspecified atom stereocenters. The number of benzene rings is 1. The van der Waals surface area contributed by atoms with Gasteiger partial charge in [-0.3, -0.25) is 4.79 Å². The maximum atomic E-state index is 13.0. The molecule has 1 N–H and O–H groups in total. The van der Waals surface area contributed by atoms with E-state index in [1.807, 2.05) is 13.8 Å². The van der Waals surface area contributed by atoms with Gasteiger partial charge in [-0.15, -0.1) is 0 Å². The van der Waals surface area contributed by atoms with E-state index in [0.29, 0.717) is 6.54 Å². The van der Waals surface area contributed by atoms with Crippen molar-refractivity contribution < 1.29 is 19.0 Å². The maximum absolute atomic E-state index is 13.0. The van der Waals surface area contributed by atoms with Crippen molar-refractivity contribution in [2.75, 3.05) is 19.7 Å².